The number of nitrogens with zero attached hydrogens (tertiary/aromatic N) is 2. The van der Waals surface area contributed by atoms with Crippen molar-refractivity contribution in [2.75, 3.05) is 0 Å². The van der Waals surface area contributed by atoms with Gasteiger partial charge in [0.2, 0.25) is 0 Å². The van der Waals surface area contributed by atoms with Crippen LogP contribution in [0.25, 0.3) is 44.8 Å². The molecule has 2 aromatic heterocycles. The first kappa shape index (κ1) is 18.0. The maximum absolute atomic E-state index is 4.50. The quantitative estimate of drug-likeness (QED) is 0.329. The summed E-state index contributed by atoms with van der Waals surface area (Å²) in [4.78, 5) is 9.01. The summed E-state index contributed by atoms with van der Waals surface area (Å²) in [7, 11) is 0. The molecule has 5 aromatic rings. The predicted molar refractivity (Wildman–Crippen MR) is 124 cm³/mol. The second-order valence-electron chi connectivity index (χ2n) is 7.14. The summed E-state index contributed by atoms with van der Waals surface area (Å²) in [6.07, 6.45) is 3.66. The molecule has 0 fully saturated rings. The Morgan fingerprint density at radius 3 is 1.23 bits per heavy atom. The van der Waals surface area contributed by atoms with Crippen molar-refractivity contribution in [2.24, 2.45) is 0 Å². The highest BCUT2D eigenvalue weighted by atomic mass is 14.7. The van der Waals surface area contributed by atoms with Crippen LogP contribution in [-0.4, -0.2) is 9.97 Å². The van der Waals surface area contributed by atoms with Gasteiger partial charge in [-0.1, -0.05) is 72.8 Å². The molecule has 2 heterocycles. The lowest BCUT2D eigenvalue weighted by molar-refractivity contribution is 1.33. The topological polar surface area (TPSA) is 25.8 Å². The lowest BCUT2D eigenvalue weighted by Gasteiger charge is -2.12. The first-order chi connectivity index (χ1) is 14.9. The molecule has 0 saturated heterocycles. The molecule has 2 heteroatoms. The zero-order chi connectivity index (χ0) is 20.2. The first-order valence-electron chi connectivity index (χ1n) is 10.0. The van der Waals surface area contributed by atoms with Gasteiger partial charge in [0.25, 0.3) is 0 Å². The van der Waals surface area contributed by atoms with Gasteiger partial charge in [-0.15, -0.1) is 0 Å². The van der Waals surface area contributed by atoms with Gasteiger partial charge in [-0.2, -0.15) is 0 Å². The van der Waals surface area contributed by atoms with Crippen molar-refractivity contribution >= 4 is 0 Å². The number of pyridine rings is 2. The largest absolute Gasteiger partial charge is 0.256 e. The lowest BCUT2D eigenvalue weighted by atomic mass is 9.92. The Morgan fingerprint density at radius 1 is 0.367 bits per heavy atom. The van der Waals surface area contributed by atoms with Crippen LogP contribution in [0, 0.1) is 0 Å². The average Bonchev–Trinajstić information content (AvgIpc) is 2.85. The van der Waals surface area contributed by atoms with Gasteiger partial charge in [0.1, 0.15) is 0 Å². The zero-order valence-corrected chi connectivity index (χ0v) is 16.4. The van der Waals surface area contributed by atoms with Crippen LogP contribution in [0.3, 0.4) is 0 Å². The maximum Gasteiger partial charge on any atom is 0.0702 e. The van der Waals surface area contributed by atoms with E-state index in [0.29, 0.717) is 0 Å². The van der Waals surface area contributed by atoms with Crippen molar-refractivity contribution in [3.63, 3.8) is 0 Å². The third-order valence-electron chi connectivity index (χ3n) is 5.20. The second kappa shape index (κ2) is 8.14. The Bertz CT molecular complexity index is 1180. The number of rotatable bonds is 4. The second-order valence-corrected chi connectivity index (χ2v) is 7.14. The van der Waals surface area contributed by atoms with Gasteiger partial charge in [-0.05, 0) is 58.7 Å². The fraction of sp³-hybridized carbons (Fsp3) is 0. The summed E-state index contributed by atoms with van der Waals surface area (Å²) in [5.74, 6) is 0. The average molecular weight is 384 g/mol. The smallest absolute Gasteiger partial charge is 0.0702 e. The highest BCUT2D eigenvalue weighted by Gasteiger charge is 2.10. The minimum absolute atomic E-state index is 0.981. The van der Waals surface area contributed by atoms with E-state index in [-0.39, 0.29) is 0 Å². The molecule has 3 aromatic carbocycles. The van der Waals surface area contributed by atoms with Crippen LogP contribution in [-0.2, 0) is 0 Å². The third kappa shape index (κ3) is 3.63. The molecule has 142 valence electrons. The number of hydrogen-bond donors (Lipinski definition) is 0. The van der Waals surface area contributed by atoms with E-state index in [2.05, 4.69) is 82.8 Å². The van der Waals surface area contributed by atoms with Gasteiger partial charge in [0, 0.05) is 23.5 Å². The van der Waals surface area contributed by atoms with Crippen LogP contribution in [0.2, 0.25) is 0 Å². The van der Waals surface area contributed by atoms with Gasteiger partial charge in [-0.3, -0.25) is 9.97 Å². The van der Waals surface area contributed by atoms with Crippen LogP contribution in [0.4, 0.5) is 0 Å². The molecular weight excluding hydrogens is 364 g/mol. The van der Waals surface area contributed by atoms with Gasteiger partial charge in [-0.25, -0.2) is 0 Å². The molecule has 0 radical (unpaired) electrons. The van der Waals surface area contributed by atoms with E-state index >= 15 is 0 Å². The summed E-state index contributed by atoms with van der Waals surface area (Å²) in [5, 5.41) is 0. The molecule has 0 aliphatic heterocycles. The summed E-state index contributed by atoms with van der Waals surface area (Å²) >= 11 is 0. The molecule has 0 saturated carbocycles. The van der Waals surface area contributed by atoms with E-state index < -0.39 is 0 Å². The van der Waals surface area contributed by atoms with E-state index in [4.69, 9.17) is 0 Å². The molecule has 0 bridgehead atoms. The summed E-state index contributed by atoms with van der Waals surface area (Å²) in [6.45, 7) is 0. The van der Waals surface area contributed by atoms with Gasteiger partial charge >= 0.3 is 0 Å². The van der Waals surface area contributed by atoms with Crippen LogP contribution < -0.4 is 0 Å². The molecule has 0 spiro atoms. The molecule has 2 nitrogen and oxygen atoms in total. The van der Waals surface area contributed by atoms with Crippen molar-refractivity contribution in [1.29, 1.82) is 0 Å². The van der Waals surface area contributed by atoms with E-state index in [1.807, 2.05) is 48.8 Å². The third-order valence-corrected chi connectivity index (χ3v) is 5.20. The first-order valence-corrected chi connectivity index (χ1v) is 10.0. The number of hydrogen-bond acceptors (Lipinski definition) is 2. The van der Waals surface area contributed by atoms with Crippen molar-refractivity contribution in [1.82, 2.24) is 9.97 Å². The van der Waals surface area contributed by atoms with Crippen molar-refractivity contribution in [3.8, 4) is 44.8 Å². The molecule has 0 atom stereocenters. The SMILES string of the molecule is c1ccc(-c2cccc(-c3ccccc3-c3cccc(-c4ccccn4)c3)c2)nc1. The standard InChI is InChI=1S/C28H20N2/c1-2-14-26(22-10-8-12-24(20-22)28-16-4-6-18-30-28)25(13-1)21-9-7-11-23(19-21)27-15-3-5-17-29-27/h1-20H. The van der Waals surface area contributed by atoms with Gasteiger partial charge in [0.05, 0.1) is 11.4 Å². The molecule has 30 heavy (non-hydrogen) atoms. The molecular formula is C28H20N2. The van der Waals surface area contributed by atoms with E-state index in [9.17, 15) is 0 Å². The van der Waals surface area contributed by atoms with Crippen molar-refractivity contribution < 1.29 is 0 Å². The summed E-state index contributed by atoms with van der Waals surface area (Å²) in [6, 6.07) is 37.7. The summed E-state index contributed by atoms with van der Waals surface area (Å²) < 4.78 is 0. The van der Waals surface area contributed by atoms with Crippen molar-refractivity contribution in [3.05, 3.63) is 122 Å². The van der Waals surface area contributed by atoms with E-state index in [0.717, 1.165) is 22.5 Å². The molecule has 0 amide bonds. The Kier molecular flexibility index (Phi) is 4.89. The van der Waals surface area contributed by atoms with E-state index in [1.54, 1.807) is 0 Å². The Balaban J connectivity index is 1.60. The highest BCUT2D eigenvalue weighted by Crippen LogP contribution is 2.35. The van der Waals surface area contributed by atoms with Gasteiger partial charge < -0.3 is 0 Å². The molecule has 0 aliphatic rings. The predicted octanol–water partition coefficient (Wildman–Crippen LogP) is 7.14. The highest BCUT2D eigenvalue weighted by molar-refractivity contribution is 5.86. The number of aromatic nitrogens is 2. The van der Waals surface area contributed by atoms with Crippen LogP contribution in [0.5, 0.6) is 0 Å². The zero-order valence-electron chi connectivity index (χ0n) is 16.4. The maximum atomic E-state index is 4.50. The number of benzene rings is 3. The fourth-order valence-electron chi connectivity index (χ4n) is 3.75. The minimum atomic E-state index is 0.981. The van der Waals surface area contributed by atoms with Crippen LogP contribution >= 0.6 is 0 Å². The molecule has 0 unspecified atom stereocenters. The van der Waals surface area contributed by atoms with Gasteiger partial charge in [0.15, 0.2) is 0 Å². The normalized spacial score (nSPS) is 10.7. The molecule has 0 aliphatic carbocycles. The van der Waals surface area contributed by atoms with Crippen molar-refractivity contribution in [2.45, 2.75) is 0 Å². The molecule has 0 N–H and O–H groups in total. The Labute approximate surface area is 176 Å². The Hall–Kier alpha value is -4.04. The summed E-state index contributed by atoms with van der Waals surface area (Å²) in [5.41, 5.74) is 8.95. The Morgan fingerprint density at radius 2 is 0.800 bits per heavy atom. The molecule has 5 rings (SSSR count). The minimum Gasteiger partial charge on any atom is -0.256 e. The van der Waals surface area contributed by atoms with E-state index in [1.165, 1.54) is 22.3 Å². The monoisotopic (exact) mass is 384 g/mol. The van der Waals surface area contributed by atoms with Crippen LogP contribution in [0.1, 0.15) is 0 Å². The fourth-order valence-corrected chi connectivity index (χ4v) is 3.75. The van der Waals surface area contributed by atoms with Crippen LogP contribution in [0.15, 0.2) is 122 Å². The lowest BCUT2D eigenvalue weighted by Crippen LogP contribution is -1.88.